The molecule has 0 saturated heterocycles. The lowest BCUT2D eigenvalue weighted by Crippen LogP contribution is -2.00. The first-order chi connectivity index (χ1) is 4.88. The van der Waals surface area contributed by atoms with E-state index in [1.165, 1.54) is 6.26 Å². The van der Waals surface area contributed by atoms with Crippen LogP contribution in [0, 0.1) is 5.92 Å². The third-order valence-electron chi connectivity index (χ3n) is 1.64. The fourth-order valence-electron chi connectivity index (χ4n) is 0.894. The van der Waals surface area contributed by atoms with E-state index in [-0.39, 0.29) is 11.7 Å². The van der Waals surface area contributed by atoms with Gasteiger partial charge >= 0.3 is 0 Å². The van der Waals surface area contributed by atoms with Gasteiger partial charge in [-0.2, -0.15) is 0 Å². The van der Waals surface area contributed by atoms with Crippen LogP contribution >= 0.6 is 0 Å². The van der Waals surface area contributed by atoms with Gasteiger partial charge in [0.15, 0.2) is 5.78 Å². The number of carbonyl (C=O) groups excluding carboxylic acids is 1. The minimum Gasteiger partial charge on any atom is -0.364 e. The highest BCUT2D eigenvalue weighted by Crippen LogP contribution is 2.31. The van der Waals surface area contributed by atoms with Crippen molar-refractivity contribution >= 4 is 5.78 Å². The van der Waals surface area contributed by atoms with Crippen molar-refractivity contribution in [3.8, 4) is 0 Å². The van der Waals surface area contributed by atoms with Gasteiger partial charge in [-0.25, -0.2) is 0 Å². The largest absolute Gasteiger partial charge is 0.364 e. The molecule has 0 unspecified atom stereocenters. The smallest absolute Gasteiger partial charge is 0.187 e. The van der Waals surface area contributed by atoms with E-state index < -0.39 is 0 Å². The maximum atomic E-state index is 11.1. The monoisotopic (exact) mass is 137 g/mol. The van der Waals surface area contributed by atoms with Crippen LogP contribution in [0.2, 0.25) is 0 Å². The molecule has 0 aliphatic heterocycles. The van der Waals surface area contributed by atoms with Crippen LogP contribution in [0.4, 0.5) is 0 Å². The Hall–Kier alpha value is -1.12. The van der Waals surface area contributed by atoms with Gasteiger partial charge in [-0.05, 0) is 12.8 Å². The number of hydrogen-bond donors (Lipinski definition) is 0. The Bertz CT molecular complexity index is 236. The van der Waals surface area contributed by atoms with E-state index in [9.17, 15) is 4.79 Å². The second-order valence-electron chi connectivity index (χ2n) is 2.52. The van der Waals surface area contributed by atoms with Crippen LogP contribution in [0.1, 0.15) is 23.3 Å². The van der Waals surface area contributed by atoms with Crippen molar-refractivity contribution in [1.29, 1.82) is 0 Å². The van der Waals surface area contributed by atoms with Gasteiger partial charge in [0.1, 0.15) is 12.0 Å². The van der Waals surface area contributed by atoms with Crippen LogP contribution in [0.15, 0.2) is 16.9 Å². The molecule has 0 amide bonds. The number of nitrogens with zero attached hydrogens (tertiary/aromatic N) is 1. The summed E-state index contributed by atoms with van der Waals surface area (Å²) in [6.07, 6.45) is 3.47. The molecule has 1 saturated carbocycles. The molecule has 0 atom stereocenters. The number of hydrogen-bond acceptors (Lipinski definition) is 3. The summed E-state index contributed by atoms with van der Waals surface area (Å²) in [5.41, 5.74) is 0.475. The molecule has 52 valence electrons. The molecular weight excluding hydrogens is 130 g/mol. The van der Waals surface area contributed by atoms with Crippen LogP contribution < -0.4 is 0 Å². The van der Waals surface area contributed by atoms with Gasteiger partial charge in [-0.3, -0.25) is 4.79 Å². The average molecular weight is 137 g/mol. The fourth-order valence-corrected chi connectivity index (χ4v) is 0.894. The average Bonchev–Trinajstić information content (AvgIpc) is 2.65. The molecule has 2 rings (SSSR count). The number of aromatic nitrogens is 1. The van der Waals surface area contributed by atoms with Gasteiger partial charge in [0.25, 0.3) is 0 Å². The highest BCUT2D eigenvalue weighted by Gasteiger charge is 2.31. The van der Waals surface area contributed by atoms with E-state index in [1.54, 1.807) is 6.07 Å². The van der Waals surface area contributed by atoms with Crippen molar-refractivity contribution in [1.82, 2.24) is 5.16 Å². The second-order valence-corrected chi connectivity index (χ2v) is 2.52. The van der Waals surface area contributed by atoms with Gasteiger partial charge in [0.05, 0.1) is 0 Å². The van der Waals surface area contributed by atoms with Crippen LogP contribution in [0.25, 0.3) is 0 Å². The number of carbonyl (C=O) groups is 1. The first kappa shape index (κ1) is 5.65. The van der Waals surface area contributed by atoms with Gasteiger partial charge in [0.2, 0.25) is 0 Å². The first-order valence-electron chi connectivity index (χ1n) is 3.32. The summed E-state index contributed by atoms with van der Waals surface area (Å²) < 4.78 is 4.54. The van der Waals surface area contributed by atoms with Crippen molar-refractivity contribution in [2.75, 3.05) is 0 Å². The Balaban J connectivity index is 2.19. The van der Waals surface area contributed by atoms with Crippen LogP contribution in [0.5, 0.6) is 0 Å². The highest BCUT2D eigenvalue weighted by atomic mass is 16.5. The van der Waals surface area contributed by atoms with Gasteiger partial charge in [0, 0.05) is 12.0 Å². The second kappa shape index (κ2) is 1.94. The van der Waals surface area contributed by atoms with Crippen molar-refractivity contribution in [2.24, 2.45) is 5.92 Å². The van der Waals surface area contributed by atoms with Crippen molar-refractivity contribution in [3.05, 3.63) is 18.0 Å². The Morgan fingerprint density at radius 1 is 1.70 bits per heavy atom. The lowest BCUT2D eigenvalue weighted by atomic mass is 10.2. The van der Waals surface area contributed by atoms with Crippen molar-refractivity contribution in [2.45, 2.75) is 12.8 Å². The van der Waals surface area contributed by atoms with Crippen LogP contribution in [-0.4, -0.2) is 10.9 Å². The van der Waals surface area contributed by atoms with Gasteiger partial charge in [-0.1, -0.05) is 5.16 Å². The van der Waals surface area contributed by atoms with E-state index in [1.807, 2.05) is 0 Å². The Labute approximate surface area is 58.0 Å². The number of ketones is 1. The quantitative estimate of drug-likeness (QED) is 0.576. The Morgan fingerprint density at radius 2 is 2.50 bits per heavy atom. The van der Waals surface area contributed by atoms with E-state index in [0.717, 1.165) is 12.8 Å². The topological polar surface area (TPSA) is 43.1 Å². The van der Waals surface area contributed by atoms with Crippen molar-refractivity contribution < 1.29 is 9.32 Å². The zero-order valence-electron chi connectivity index (χ0n) is 5.41. The van der Waals surface area contributed by atoms with E-state index in [0.29, 0.717) is 5.69 Å². The van der Waals surface area contributed by atoms with Crippen LogP contribution in [-0.2, 0) is 0 Å². The molecule has 1 fully saturated rings. The Kier molecular flexibility index (Phi) is 1.09. The molecule has 0 aromatic carbocycles. The lowest BCUT2D eigenvalue weighted by molar-refractivity contribution is 0.0959. The molecule has 1 aliphatic carbocycles. The number of rotatable bonds is 2. The van der Waals surface area contributed by atoms with E-state index >= 15 is 0 Å². The molecule has 10 heavy (non-hydrogen) atoms. The summed E-state index contributed by atoms with van der Waals surface area (Å²) >= 11 is 0. The SMILES string of the molecule is O=C(c1ccon1)C1CC1. The molecule has 0 N–H and O–H groups in total. The molecule has 0 radical (unpaired) electrons. The molecule has 1 aromatic heterocycles. The fraction of sp³-hybridized carbons (Fsp3) is 0.429. The minimum absolute atomic E-state index is 0.133. The summed E-state index contributed by atoms with van der Waals surface area (Å²) in [5.74, 6) is 0.374. The van der Waals surface area contributed by atoms with Crippen molar-refractivity contribution in [3.63, 3.8) is 0 Å². The predicted molar refractivity (Wildman–Crippen MR) is 33.6 cm³/mol. The molecule has 1 aliphatic rings. The summed E-state index contributed by atoms with van der Waals surface area (Å²) in [7, 11) is 0. The maximum Gasteiger partial charge on any atom is 0.187 e. The summed E-state index contributed by atoms with van der Waals surface area (Å²) in [6.45, 7) is 0. The van der Waals surface area contributed by atoms with Gasteiger partial charge < -0.3 is 4.52 Å². The number of Topliss-reactive ketones (excluding diaryl/α,β-unsaturated/α-hetero) is 1. The zero-order chi connectivity index (χ0) is 6.97. The molecule has 0 spiro atoms. The molecular formula is C7H7NO2. The van der Waals surface area contributed by atoms with Gasteiger partial charge in [-0.15, -0.1) is 0 Å². The molecule has 3 nitrogen and oxygen atoms in total. The summed E-state index contributed by atoms with van der Waals surface area (Å²) in [4.78, 5) is 11.1. The Morgan fingerprint density at radius 3 is 3.00 bits per heavy atom. The minimum atomic E-state index is 0.133. The molecule has 1 aromatic rings. The normalized spacial score (nSPS) is 17.2. The van der Waals surface area contributed by atoms with E-state index in [2.05, 4.69) is 9.68 Å². The van der Waals surface area contributed by atoms with Crippen LogP contribution in [0.3, 0.4) is 0 Å². The van der Waals surface area contributed by atoms with E-state index in [4.69, 9.17) is 0 Å². The predicted octanol–water partition coefficient (Wildman–Crippen LogP) is 1.27. The third kappa shape index (κ3) is 0.835. The molecule has 3 heteroatoms. The molecule has 1 heterocycles. The standard InChI is InChI=1S/C7H7NO2/c9-7(5-1-2-5)6-3-4-10-8-6/h3-5H,1-2H2. The summed E-state index contributed by atoms with van der Waals surface area (Å²) in [6, 6.07) is 1.61. The highest BCUT2D eigenvalue weighted by molar-refractivity contribution is 5.97. The summed E-state index contributed by atoms with van der Waals surface area (Å²) in [5, 5.41) is 3.55. The first-order valence-corrected chi connectivity index (χ1v) is 3.32. The zero-order valence-corrected chi connectivity index (χ0v) is 5.41. The third-order valence-corrected chi connectivity index (χ3v) is 1.64. The molecule has 0 bridgehead atoms. The maximum absolute atomic E-state index is 11.1. The lowest BCUT2D eigenvalue weighted by Gasteiger charge is -1.86.